The first-order valence-corrected chi connectivity index (χ1v) is 5.35. The highest BCUT2D eigenvalue weighted by atomic mass is 79.9. The van der Waals surface area contributed by atoms with Gasteiger partial charge in [0.2, 0.25) is 0 Å². The van der Waals surface area contributed by atoms with Gasteiger partial charge in [-0.2, -0.15) is 0 Å². The minimum atomic E-state index is 0.756. The van der Waals surface area contributed by atoms with Crippen LogP contribution in [0.3, 0.4) is 0 Å². The average molecular weight is 225 g/mol. The van der Waals surface area contributed by atoms with Crippen LogP contribution >= 0.6 is 15.9 Å². The van der Waals surface area contributed by atoms with E-state index in [9.17, 15) is 0 Å². The summed E-state index contributed by atoms with van der Waals surface area (Å²) < 4.78 is 1.22. The van der Waals surface area contributed by atoms with Gasteiger partial charge >= 0.3 is 0 Å². The molecule has 0 fully saturated rings. The van der Waals surface area contributed by atoms with Gasteiger partial charge in [-0.1, -0.05) is 28.9 Å². The van der Waals surface area contributed by atoms with Gasteiger partial charge in [0.25, 0.3) is 0 Å². The van der Waals surface area contributed by atoms with Crippen molar-refractivity contribution >= 4 is 15.9 Å². The van der Waals surface area contributed by atoms with Crippen LogP contribution in [0.1, 0.15) is 36.8 Å². The molecule has 12 heavy (non-hydrogen) atoms. The Labute approximate surface area is 82.1 Å². The van der Waals surface area contributed by atoms with Gasteiger partial charge in [0, 0.05) is 4.47 Å². The Bertz CT molecular complexity index is 291. The summed E-state index contributed by atoms with van der Waals surface area (Å²) in [5.74, 6) is 0.756. The number of rotatable bonds is 0. The molecule has 0 radical (unpaired) electrons. The third kappa shape index (κ3) is 1.42. The molecule has 64 valence electrons. The zero-order valence-corrected chi connectivity index (χ0v) is 8.89. The minimum absolute atomic E-state index is 0.756. The van der Waals surface area contributed by atoms with Gasteiger partial charge < -0.3 is 0 Å². The van der Waals surface area contributed by atoms with Gasteiger partial charge in [-0.05, 0) is 48.4 Å². The quantitative estimate of drug-likeness (QED) is 0.628. The van der Waals surface area contributed by atoms with E-state index in [1.165, 1.54) is 23.7 Å². The van der Waals surface area contributed by atoms with E-state index in [4.69, 9.17) is 0 Å². The predicted molar refractivity (Wildman–Crippen MR) is 55.5 cm³/mol. The van der Waals surface area contributed by atoms with Crippen LogP contribution in [0.25, 0.3) is 0 Å². The zero-order chi connectivity index (χ0) is 8.55. The topological polar surface area (TPSA) is 0 Å². The zero-order valence-electron chi connectivity index (χ0n) is 7.31. The summed E-state index contributed by atoms with van der Waals surface area (Å²) in [5, 5.41) is 0. The summed E-state index contributed by atoms with van der Waals surface area (Å²) in [6.07, 6.45) is 3.98. The summed E-state index contributed by atoms with van der Waals surface area (Å²) >= 11 is 3.52. The molecule has 2 rings (SSSR count). The largest absolute Gasteiger partial charge is 0.0584 e. The van der Waals surface area contributed by atoms with Crippen molar-refractivity contribution < 1.29 is 0 Å². The Morgan fingerprint density at radius 1 is 1.42 bits per heavy atom. The number of benzene rings is 1. The van der Waals surface area contributed by atoms with Crippen LogP contribution in [0.15, 0.2) is 22.7 Å². The molecule has 1 aliphatic rings. The number of fused-ring (bicyclic) bond motifs is 1. The molecular weight excluding hydrogens is 212 g/mol. The molecule has 0 unspecified atom stereocenters. The first-order chi connectivity index (χ1) is 5.77. The van der Waals surface area contributed by atoms with Gasteiger partial charge in [-0.3, -0.25) is 0 Å². The van der Waals surface area contributed by atoms with Gasteiger partial charge in [0.1, 0.15) is 0 Å². The van der Waals surface area contributed by atoms with Crippen LogP contribution in [0, 0.1) is 0 Å². The molecule has 0 heterocycles. The van der Waals surface area contributed by atoms with Crippen LogP contribution < -0.4 is 0 Å². The lowest BCUT2D eigenvalue weighted by Crippen LogP contribution is -2.06. The normalized spacial score (nSPS) is 22.0. The Morgan fingerprint density at radius 2 is 2.25 bits per heavy atom. The fraction of sp³-hybridized carbons (Fsp3) is 0.455. The van der Waals surface area contributed by atoms with Crippen molar-refractivity contribution in [2.45, 2.75) is 32.1 Å². The molecule has 0 spiro atoms. The average Bonchev–Trinajstić information content (AvgIpc) is 2.07. The predicted octanol–water partition coefficient (Wildman–Crippen LogP) is 3.89. The van der Waals surface area contributed by atoms with Crippen molar-refractivity contribution in [3.05, 3.63) is 33.8 Å². The highest BCUT2D eigenvalue weighted by Crippen LogP contribution is 2.32. The monoisotopic (exact) mass is 224 g/mol. The molecule has 0 aromatic heterocycles. The van der Waals surface area contributed by atoms with E-state index in [-0.39, 0.29) is 0 Å². The second-order valence-electron chi connectivity index (χ2n) is 3.64. The molecule has 0 amide bonds. The third-order valence-electron chi connectivity index (χ3n) is 2.72. The second-order valence-corrected chi connectivity index (χ2v) is 4.55. The first kappa shape index (κ1) is 8.31. The Kier molecular flexibility index (Phi) is 2.22. The summed E-state index contributed by atoms with van der Waals surface area (Å²) in [7, 11) is 0. The maximum absolute atomic E-state index is 3.52. The minimum Gasteiger partial charge on any atom is -0.0584 e. The number of hydrogen-bond acceptors (Lipinski definition) is 0. The lowest BCUT2D eigenvalue weighted by Gasteiger charge is -2.22. The van der Waals surface area contributed by atoms with Gasteiger partial charge in [-0.15, -0.1) is 0 Å². The van der Waals surface area contributed by atoms with Gasteiger partial charge in [0.05, 0.1) is 0 Å². The van der Waals surface area contributed by atoms with Crippen LogP contribution in [0.2, 0.25) is 0 Å². The Balaban J connectivity index is 2.47. The molecule has 1 aromatic carbocycles. The maximum Gasteiger partial charge on any atom is 0.0178 e. The lowest BCUT2D eigenvalue weighted by atomic mass is 9.84. The molecule has 0 N–H and O–H groups in total. The molecule has 1 heteroatoms. The summed E-state index contributed by atoms with van der Waals surface area (Å²) in [5.41, 5.74) is 3.10. The Hall–Kier alpha value is -0.300. The number of halogens is 1. The maximum atomic E-state index is 3.52. The molecular formula is C11H13Br. The van der Waals surface area contributed by atoms with E-state index in [2.05, 4.69) is 41.1 Å². The number of aryl methyl sites for hydroxylation is 1. The summed E-state index contributed by atoms with van der Waals surface area (Å²) in [6.45, 7) is 2.32. The van der Waals surface area contributed by atoms with Crippen LogP contribution in [-0.2, 0) is 6.42 Å². The van der Waals surface area contributed by atoms with E-state index in [0.717, 1.165) is 5.92 Å². The molecule has 1 aromatic rings. The highest BCUT2D eigenvalue weighted by molar-refractivity contribution is 9.10. The fourth-order valence-electron chi connectivity index (χ4n) is 2.01. The van der Waals surface area contributed by atoms with Gasteiger partial charge in [-0.25, -0.2) is 0 Å². The highest BCUT2D eigenvalue weighted by Gasteiger charge is 2.15. The molecule has 0 bridgehead atoms. The molecule has 0 aliphatic heterocycles. The van der Waals surface area contributed by atoms with Crippen LogP contribution in [-0.4, -0.2) is 0 Å². The standard InChI is InChI=1S/C11H13Br/c1-8-3-2-4-9-5-6-10(12)7-11(8)9/h5-8H,2-4H2,1H3/t8-/m0/s1. The van der Waals surface area contributed by atoms with Crippen molar-refractivity contribution in [2.24, 2.45) is 0 Å². The van der Waals surface area contributed by atoms with E-state index in [0.29, 0.717) is 0 Å². The Morgan fingerprint density at radius 3 is 3.08 bits per heavy atom. The van der Waals surface area contributed by atoms with E-state index >= 15 is 0 Å². The molecule has 0 nitrogen and oxygen atoms in total. The molecule has 1 atom stereocenters. The lowest BCUT2D eigenvalue weighted by molar-refractivity contribution is 0.590. The first-order valence-electron chi connectivity index (χ1n) is 4.55. The molecule has 0 saturated carbocycles. The van der Waals surface area contributed by atoms with E-state index in [1.807, 2.05) is 0 Å². The third-order valence-corrected chi connectivity index (χ3v) is 3.22. The van der Waals surface area contributed by atoms with Crippen LogP contribution in [0.4, 0.5) is 0 Å². The summed E-state index contributed by atoms with van der Waals surface area (Å²) in [6, 6.07) is 6.69. The summed E-state index contributed by atoms with van der Waals surface area (Å²) in [4.78, 5) is 0. The van der Waals surface area contributed by atoms with Crippen molar-refractivity contribution in [1.29, 1.82) is 0 Å². The van der Waals surface area contributed by atoms with Gasteiger partial charge in [0.15, 0.2) is 0 Å². The fourth-order valence-corrected chi connectivity index (χ4v) is 2.39. The van der Waals surface area contributed by atoms with Crippen molar-refractivity contribution in [3.8, 4) is 0 Å². The van der Waals surface area contributed by atoms with Crippen LogP contribution in [0.5, 0.6) is 0 Å². The molecule has 0 saturated heterocycles. The van der Waals surface area contributed by atoms with Crippen molar-refractivity contribution in [1.82, 2.24) is 0 Å². The second kappa shape index (κ2) is 3.21. The molecule has 1 aliphatic carbocycles. The van der Waals surface area contributed by atoms with Crippen molar-refractivity contribution in [2.75, 3.05) is 0 Å². The van der Waals surface area contributed by atoms with Crippen molar-refractivity contribution in [3.63, 3.8) is 0 Å². The smallest absolute Gasteiger partial charge is 0.0178 e. The van der Waals surface area contributed by atoms with E-state index < -0.39 is 0 Å². The van der Waals surface area contributed by atoms with E-state index in [1.54, 1.807) is 11.1 Å². The number of hydrogen-bond donors (Lipinski definition) is 0. The SMILES string of the molecule is C[C@H]1CCCc2ccc(Br)cc21.